The zero-order chi connectivity index (χ0) is 25.4. The summed E-state index contributed by atoms with van der Waals surface area (Å²) in [6.45, 7) is 1.16. The number of H-pyrrole nitrogens is 1. The molecule has 9 heteroatoms. The highest BCUT2D eigenvalue weighted by Gasteiger charge is 2.44. The van der Waals surface area contributed by atoms with Crippen LogP contribution in [0.25, 0.3) is 32.8 Å². The molecule has 0 atom stereocenters. The van der Waals surface area contributed by atoms with Crippen molar-refractivity contribution < 1.29 is 23.0 Å². The molecule has 5 rings (SSSR count). The molecule has 0 aliphatic heterocycles. The fourth-order valence-corrected chi connectivity index (χ4v) is 4.62. The Kier molecular flexibility index (Phi) is 6.36. The molecule has 0 saturated heterocycles. The van der Waals surface area contributed by atoms with Crippen LogP contribution >= 0.6 is 0 Å². The molecule has 36 heavy (non-hydrogen) atoms. The maximum absolute atomic E-state index is 16.0. The lowest BCUT2D eigenvalue weighted by Gasteiger charge is -2.20. The van der Waals surface area contributed by atoms with E-state index in [4.69, 9.17) is 14.2 Å². The van der Waals surface area contributed by atoms with Crippen molar-refractivity contribution in [2.24, 2.45) is 5.41 Å². The van der Waals surface area contributed by atoms with Crippen LogP contribution in [0.1, 0.15) is 12.8 Å². The molecule has 1 heterocycles. The van der Waals surface area contributed by atoms with E-state index in [2.05, 4.69) is 14.9 Å². The molecule has 0 bridgehead atoms. The van der Waals surface area contributed by atoms with Gasteiger partial charge in [-0.05, 0) is 61.5 Å². The quantitative estimate of drug-likeness (QED) is 0.339. The summed E-state index contributed by atoms with van der Waals surface area (Å²) in [6.07, 6.45) is 2.00. The molecule has 7 nitrogen and oxygen atoms in total. The maximum Gasteiger partial charge on any atom is 0.297 e. The molecule has 0 unspecified atom stereocenters. The zero-order valence-corrected chi connectivity index (χ0v) is 20.4. The molecule has 1 aromatic heterocycles. The number of aromatic nitrogens is 2. The third-order valence-corrected chi connectivity index (χ3v) is 6.44. The topological polar surface area (TPSA) is 76.7 Å². The van der Waals surface area contributed by atoms with Crippen LogP contribution in [0, 0.1) is 17.0 Å². The molecule has 0 spiro atoms. The van der Waals surface area contributed by atoms with Crippen LogP contribution in [0.2, 0.25) is 0 Å². The molecule has 0 radical (unpaired) electrons. The Morgan fingerprint density at radius 1 is 1.08 bits per heavy atom. The predicted octanol–water partition coefficient (Wildman–Crippen LogP) is 4.72. The average Bonchev–Trinajstić information content (AvgIpc) is 3.61. The highest BCUT2D eigenvalue weighted by Crippen LogP contribution is 2.46. The van der Waals surface area contributed by atoms with Crippen molar-refractivity contribution in [1.82, 2.24) is 14.9 Å². The van der Waals surface area contributed by atoms with Gasteiger partial charge >= 0.3 is 0 Å². The standard InChI is InChI=1S/C27H27F2N3O4/c1-32(2)13-27(8-9-27)14-35-26-30-24-20(25(33)31-26)12-21(28)22(23(24)29)19-11-17(36-15-34-3)10-16-6-4-5-7-18(16)19/h4-7,10-12H,8-9,13-15H2,1-3H3,(H,30,31,33). The summed E-state index contributed by atoms with van der Waals surface area (Å²) in [5.74, 6) is -1.43. The van der Waals surface area contributed by atoms with Crippen molar-refractivity contribution in [3.8, 4) is 22.9 Å². The Bertz CT molecular complexity index is 1500. The van der Waals surface area contributed by atoms with Gasteiger partial charge in [-0.15, -0.1) is 0 Å². The number of nitrogens with zero attached hydrogens (tertiary/aromatic N) is 2. The van der Waals surface area contributed by atoms with E-state index in [0.29, 0.717) is 17.7 Å². The van der Waals surface area contributed by atoms with Crippen LogP contribution in [-0.4, -0.2) is 56.0 Å². The van der Waals surface area contributed by atoms with Crippen LogP contribution in [0.3, 0.4) is 0 Å². The van der Waals surface area contributed by atoms with Crippen LogP contribution in [0.4, 0.5) is 8.78 Å². The first-order valence-corrected chi connectivity index (χ1v) is 11.6. The lowest BCUT2D eigenvalue weighted by Crippen LogP contribution is -2.28. The Morgan fingerprint density at radius 3 is 2.58 bits per heavy atom. The summed E-state index contributed by atoms with van der Waals surface area (Å²) in [4.78, 5) is 21.5. The molecule has 1 fully saturated rings. The summed E-state index contributed by atoms with van der Waals surface area (Å²) in [6, 6.07) is 11.5. The molecular weight excluding hydrogens is 468 g/mol. The molecule has 0 amide bonds. The summed E-state index contributed by atoms with van der Waals surface area (Å²) >= 11 is 0. The van der Waals surface area contributed by atoms with E-state index in [-0.39, 0.29) is 40.2 Å². The number of ether oxygens (including phenoxy) is 3. The SMILES string of the molecule is COCOc1cc(-c2c(F)cc3c(=O)[nH]c(OCC4(CN(C)C)CC4)nc3c2F)c2ccccc2c1. The Morgan fingerprint density at radius 2 is 1.86 bits per heavy atom. The van der Waals surface area contributed by atoms with Crippen LogP contribution in [-0.2, 0) is 4.74 Å². The lowest BCUT2D eigenvalue weighted by molar-refractivity contribution is 0.0512. The summed E-state index contributed by atoms with van der Waals surface area (Å²) in [5, 5.41) is 1.17. The predicted molar refractivity (Wildman–Crippen MR) is 133 cm³/mol. The van der Waals surface area contributed by atoms with Crippen LogP contribution in [0.5, 0.6) is 11.8 Å². The van der Waals surface area contributed by atoms with Gasteiger partial charge in [-0.25, -0.2) is 8.78 Å². The molecular formula is C27H27F2N3O4. The minimum Gasteiger partial charge on any atom is -0.468 e. The molecule has 1 aliphatic rings. The highest BCUT2D eigenvalue weighted by atomic mass is 19.1. The molecule has 1 saturated carbocycles. The largest absolute Gasteiger partial charge is 0.468 e. The minimum atomic E-state index is -0.940. The van der Waals surface area contributed by atoms with E-state index >= 15 is 8.78 Å². The first kappa shape index (κ1) is 24.1. The number of fused-ring (bicyclic) bond motifs is 2. The minimum absolute atomic E-state index is 0.00885. The second-order valence-corrected chi connectivity index (χ2v) is 9.58. The molecule has 1 aliphatic carbocycles. The van der Waals surface area contributed by atoms with Crippen LogP contribution in [0.15, 0.2) is 47.3 Å². The van der Waals surface area contributed by atoms with Crippen molar-refractivity contribution in [3.05, 3.63) is 64.5 Å². The van der Waals surface area contributed by atoms with Gasteiger partial charge in [0.15, 0.2) is 12.6 Å². The number of rotatable bonds is 9. The van der Waals surface area contributed by atoms with Gasteiger partial charge in [0.2, 0.25) is 0 Å². The normalized spacial score (nSPS) is 14.5. The van der Waals surface area contributed by atoms with E-state index in [1.54, 1.807) is 24.3 Å². The number of hydrogen-bond donors (Lipinski definition) is 1. The van der Waals surface area contributed by atoms with E-state index in [1.165, 1.54) is 7.11 Å². The van der Waals surface area contributed by atoms with E-state index in [1.807, 2.05) is 26.2 Å². The second kappa shape index (κ2) is 9.48. The monoisotopic (exact) mass is 495 g/mol. The summed E-state index contributed by atoms with van der Waals surface area (Å²) in [7, 11) is 5.46. The Hall–Kier alpha value is -3.56. The van der Waals surface area contributed by atoms with Gasteiger partial charge in [-0.2, -0.15) is 4.98 Å². The van der Waals surface area contributed by atoms with Gasteiger partial charge in [0.1, 0.15) is 17.1 Å². The summed E-state index contributed by atoms with van der Waals surface area (Å²) in [5.41, 5.74) is -0.945. The van der Waals surface area contributed by atoms with Gasteiger partial charge in [0.25, 0.3) is 11.6 Å². The molecule has 3 aromatic carbocycles. The van der Waals surface area contributed by atoms with Crippen molar-refractivity contribution >= 4 is 21.7 Å². The Labute approximate surface area is 206 Å². The fraction of sp³-hybridized carbons (Fsp3) is 0.333. The number of hydrogen-bond acceptors (Lipinski definition) is 6. The summed E-state index contributed by atoms with van der Waals surface area (Å²) < 4.78 is 47.7. The number of methoxy groups -OCH3 is 1. The number of benzene rings is 3. The smallest absolute Gasteiger partial charge is 0.297 e. The van der Waals surface area contributed by atoms with Gasteiger partial charge < -0.3 is 19.1 Å². The number of aromatic amines is 1. The van der Waals surface area contributed by atoms with Gasteiger partial charge in [0, 0.05) is 19.1 Å². The lowest BCUT2D eigenvalue weighted by atomic mass is 9.96. The third-order valence-electron chi connectivity index (χ3n) is 6.44. The maximum atomic E-state index is 16.0. The highest BCUT2D eigenvalue weighted by molar-refractivity contribution is 6.00. The fourth-order valence-electron chi connectivity index (χ4n) is 4.62. The molecule has 1 N–H and O–H groups in total. The third kappa shape index (κ3) is 4.64. The first-order chi connectivity index (χ1) is 17.3. The van der Waals surface area contributed by atoms with Crippen molar-refractivity contribution in [1.29, 1.82) is 0 Å². The van der Waals surface area contributed by atoms with Gasteiger partial charge in [0.05, 0.1) is 17.6 Å². The van der Waals surface area contributed by atoms with Crippen molar-refractivity contribution in [3.63, 3.8) is 0 Å². The average molecular weight is 496 g/mol. The van der Waals surface area contributed by atoms with E-state index < -0.39 is 17.2 Å². The molecule has 188 valence electrons. The van der Waals surface area contributed by atoms with Crippen LogP contribution < -0.4 is 15.0 Å². The van der Waals surface area contributed by atoms with Crippen molar-refractivity contribution in [2.75, 3.05) is 41.1 Å². The second-order valence-electron chi connectivity index (χ2n) is 9.58. The first-order valence-electron chi connectivity index (χ1n) is 11.6. The van der Waals surface area contributed by atoms with Gasteiger partial charge in [-0.1, -0.05) is 24.3 Å². The molecule has 4 aromatic rings. The number of halogens is 2. The van der Waals surface area contributed by atoms with E-state index in [0.717, 1.165) is 30.8 Å². The Balaban J connectivity index is 1.61. The van der Waals surface area contributed by atoms with Gasteiger partial charge in [-0.3, -0.25) is 9.78 Å². The zero-order valence-electron chi connectivity index (χ0n) is 20.4. The number of nitrogens with one attached hydrogen (secondary N) is 1. The van der Waals surface area contributed by atoms with Crippen molar-refractivity contribution in [2.45, 2.75) is 12.8 Å². The van der Waals surface area contributed by atoms with E-state index in [9.17, 15) is 4.79 Å².